The van der Waals surface area contributed by atoms with Crippen molar-refractivity contribution in [1.29, 1.82) is 0 Å². The third-order valence-electron chi connectivity index (χ3n) is 5.79. The van der Waals surface area contributed by atoms with E-state index in [0.717, 1.165) is 4.57 Å². The van der Waals surface area contributed by atoms with E-state index >= 15 is 0 Å². The van der Waals surface area contributed by atoms with Crippen LogP contribution in [0.5, 0.6) is 0 Å². The summed E-state index contributed by atoms with van der Waals surface area (Å²) in [7, 11) is 0. The van der Waals surface area contributed by atoms with Gasteiger partial charge in [-0.05, 0) is 31.5 Å². The Kier molecular flexibility index (Phi) is 6.64. The maximum atomic E-state index is 12.9. The molecule has 1 aliphatic rings. The number of halogens is 5. The number of carbonyl (C=O) groups excluding carboxylic acids is 1. The number of pyridine rings is 1. The Morgan fingerprint density at radius 1 is 1.14 bits per heavy atom. The summed E-state index contributed by atoms with van der Waals surface area (Å²) >= 11 is 0. The number of hydrogen-bond donors (Lipinski definition) is 2. The molecule has 5 heterocycles. The monoisotopic (exact) mass is 525 g/mol. The van der Waals surface area contributed by atoms with Crippen LogP contribution < -0.4 is 11.5 Å². The van der Waals surface area contributed by atoms with E-state index in [1.807, 2.05) is 0 Å². The molecule has 4 aromatic heterocycles. The predicted molar refractivity (Wildman–Crippen MR) is 126 cm³/mol. The minimum absolute atomic E-state index is 0.0134. The van der Waals surface area contributed by atoms with Gasteiger partial charge in [-0.25, -0.2) is 23.3 Å². The number of rotatable bonds is 2. The van der Waals surface area contributed by atoms with E-state index in [9.17, 15) is 26.7 Å². The number of fused-ring (bicyclic) bond motifs is 2. The van der Waals surface area contributed by atoms with Crippen LogP contribution in [-0.4, -0.2) is 65.1 Å². The highest BCUT2D eigenvalue weighted by Crippen LogP contribution is 2.30. The number of nitrogens with two attached hydrogens (primary N) is 2. The molecule has 0 radical (unpaired) electrons. The molecule has 15 heteroatoms. The Hall–Kier alpha value is -4.04. The van der Waals surface area contributed by atoms with E-state index in [4.69, 9.17) is 11.5 Å². The highest BCUT2D eigenvalue weighted by atomic mass is 19.4. The number of likely N-dealkylation sites (tertiary alicyclic amines) is 1. The summed E-state index contributed by atoms with van der Waals surface area (Å²) in [5, 5.41) is 4.02. The van der Waals surface area contributed by atoms with E-state index in [0.29, 0.717) is 35.3 Å². The van der Waals surface area contributed by atoms with Gasteiger partial charge in [-0.1, -0.05) is 0 Å². The van der Waals surface area contributed by atoms with E-state index in [1.165, 1.54) is 23.3 Å². The zero-order chi connectivity index (χ0) is 27.1. The van der Waals surface area contributed by atoms with Gasteiger partial charge in [0.15, 0.2) is 11.5 Å². The molecule has 1 amide bonds. The Labute approximate surface area is 207 Å². The molecular formula is C22H24F5N9O. The third kappa shape index (κ3) is 5.70. The lowest BCUT2D eigenvalue weighted by Crippen LogP contribution is -2.44. The second-order valence-corrected chi connectivity index (χ2v) is 8.68. The number of amides is 1. The number of piperidine rings is 1. The van der Waals surface area contributed by atoms with Gasteiger partial charge >= 0.3 is 6.18 Å². The molecule has 0 saturated carbocycles. The highest BCUT2D eigenvalue weighted by molar-refractivity contribution is 5.88. The van der Waals surface area contributed by atoms with Gasteiger partial charge < -0.3 is 20.9 Å². The summed E-state index contributed by atoms with van der Waals surface area (Å²) in [5.74, 6) is -2.52. The number of carbonyl (C=O) groups is 1. The first-order chi connectivity index (χ1) is 17.2. The van der Waals surface area contributed by atoms with Gasteiger partial charge in [-0.3, -0.25) is 4.79 Å². The quantitative estimate of drug-likeness (QED) is 0.383. The van der Waals surface area contributed by atoms with Gasteiger partial charge in [0.25, 0.3) is 5.92 Å². The molecule has 0 aromatic carbocycles. The van der Waals surface area contributed by atoms with Crippen molar-refractivity contribution in [3.05, 3.63) is 30.2 Å². The first-order valence-corrected chi connectivity index (χ1v) is 11.2. The van der Waals surface area contributed by atoms with Crippen molar-refractivity contribution in [2.24, 2.45) is 0 Å². The maximum absolute atomic E-state index is 12.9. The van der Waals surface area contributed by atoms with Gasteiger partial charge in [0.1, 0.15) is 23.4 Å². The zero-order valence-electron chi connectivity index (χ0n) is 19.9. The van der Waals surface area contributed by atoms with Crippen LogP contribution in [0, 0.1) is 6.92 Å². The molecule has 10 nitrogen and oxygen atoms in total. The molecule has 0 spiro atoms. The summed E-state index contributed by atoms with van der Waals surface area (Å²) in [6.07, 6.45) is -2.43. The van der Waals surface area contributed by atoms with Gasteiger partial charge in [0, 0.05) is 31.6 Å². The van der Waals surface area contributed by atoms with E-state index in [2.05, 4.69) is 20.1 Å². The van der Waals surface area contributed by atoms with E-state index < -0.39 is 25.2 Å². The number of nitrogens with zero attached hydrogens (tertiary/aromatic N) is 7. The Morgan fingerprint density at radius 2 is 1.86 bits per heavy atom. The van der Waals surface area contributed by atoms with Crippen molar-refractivity contribution < 1.29 is 26.7 Å². The van der Waals surface area contributed by atoms with E-state index in [1.54, 1.807) is 24.4 Å². The molecule has 0 unspecified atom stereocenters. The molecule has 0 atom stereocenters. The molecule has 0 bridgehead atoms. The van der Waals surface area contributed by atoms with Crippen molar-refractivity contribution in [1.82, 2.24) is 34.0 Å². The van der Waals surface area contributed by atoms with E-state index in [-0.39, 0.29) is 35.6 Å². The van der Waals surface area contributed by atoms with Crippen molar-refractivity contribution in [2.75, 3.05) is 24.6 Å². The van der Waals surface area contributed by atoms with Gasteiger partial charge in [-0.15, -0.1) is 5.10 Å². The van der Waals surface area contributed by atoms with Crippen molar-refractivity contribution in [3.63, 3.8) is 0 Å². The molecular weight excluding hydrogens is 501 g/mol. The fraction of sp³-hybridized carbons (Fsp3) is 0.409. The topological polar surface area (TPSA) is 133 Å². The predicted octanol–water partition coefficient (Wildman–Crippen LogP) is 3.44. The van der Waals surface area contributed by atoms with Crippen LogP contribution in [-0.2, 0) is 11.3 Å². The van der Waals surface area contributed by atoms with Crippen LogP contribution in [0.2, 0.25) is 0 Å². The summed E-state index contributed by atoms with van der Waals surface area (Å²) in [5.41, 5.74) is 13.5. The lowest BCUT2D eigenvalue weighted by atomic mass is 10.1. The maximum Gasteiger partial charge on any atom is 0.406 e. The van der Waals surface area contributed by atoms with Crippen LogP contribution in [0.3, 0.4) is 0 Å². The minimum atomic E-state index is -4.38. The first kappa shape index (κ1) is 26.0. The Bertz CT molecular complexity index is 1460. The number of imidazole rings is 1. The molecule has 37 heavy (non-hydrogen) atoms. The average Bonchev–Trinajstić information content (AvgIpc) is 3.33. The molecule has 1 saturated heterocycles. The van der Waals surface area contributed by atoms with Crippen molar-refractivity contribution >= 4 is 34.4 Å². The van der Waals surface area contributed by atoms with Gasteiger partial charge in [0.2, 0.25) is 11.9 Å². The summed E-state index contributed by atoms with van der Waals surface area (Å²) in [6.45, 7) is 1.74. The minimum Gasteiger partial charge on any atom is -0.382 e. The standard InChI is InChI=1S/C15H13F3N8.C7H11F2NO/c1-7-21-10-3-2-9(22-13(10)25(7)6-15(16,17)18)8-4-5-26-11(8)12(19)23-14(20)24-26;1-6(11)10-4-2-3-7(8,9)5-10/h2-5H,6H2,1H3,(H4,19,20,23,24);2-5H2,1H3. The second kappa shape index (κ2) is 9.44. The van der Waals surface area contributed by atoms with Crippen LogP contribution >= 0.6 is 0 Å². The molecule has 1 aliphatic heterocycles. The second-order valence-electron chi connectivity index (χ2n) is 8.68. The zero-order valence-corrected chi connectivity index (χ0v) is 19.9. The average molecular weight is 525 g/mol. The Morgan fingerprint density at radius 3 is 2.49 bits per heavy atom. The molecule has 4 aromatic rings. The number of anilines is 2. The number of aromatic nitrogens is 6. The third-order valence-corrected chi connectivity index (χ3v) is 5.79. The first-order valence-electron chi connectivity index (χ1n) is 11.2. The van der Waals surface area contributed by atoms with Gasteiger partial charge in [-0.2, -0.15) is 18.2 Å². The smallest absolute Gasteiger partial charge is 0.382 e. The fourth-order valence-electron chi connectivity index (χ4n) is 4.14. The summed E-state index contributed by atoms with van der Waals surface area (Å²) in [4.78, 5) is 24.3. The van der Waals surface area contributed by atoms with Crippen LogP contribution in [0.4, 0.5) is 33.7 Å². The normalized spacial score (nSPS) is 15.6. The van der Waals surface area contributed by atoms with Crippen LogP contribution in [0.1, 0.15) is 25.6 Å². The van der Waals surface area contributed by atoms with Crippen LogP contribution in [0.15, 0.2) is 24.4 Å². The van der Waals surface area contributed by atoms with Gasteiger partial charge in [0.05, 0.1) is 12.2 Å². The Balaban J connectivity index is 0.000000245. The molecule has 198 valence electrons. The lowest BCUT2D eigenvalue weighted by molar-refractivity contribution is -0.140. The number of aryl methyl sites for hydroxylation is 1. The summed E-state index contributed by atoms with van der Waals surface area (Å²) in [6, 6.07) is 4.98. The molecule has 1 fully saturated rings. The van der Waals surface area contributed by atoms with Crippen molar-refractivity contribution in [2.45, 2.75) is 45.3 Å². The SMILES string of the molecule is CC(=O)N1CCCC(F)(F)C1.Cc1nc2ccc(-c3ccn4nc(N)nc(N)c34)nc2n1CC(F)(F)F. The molecule has 4 N–H and O–H groups in total. The molecule has 0 aliphatic carbocycles. The number of nitrogen functional groups attached to an aromatic ring is 2. The lowest BCUT2D eigenvalue weighted by Gasteiger charge is -2.31. The molecule has 5 rings (SSSR count). The largest absolute Gasteiger partial charge is 0.406 e. The summed E-state index contributed by atoms with van der Waals surface area (Å²) < 4.78 is 66.4. The number of hydrogen-bond acceptors (Lipinski definition) is 7. The fourth-order valence-corrected chi connectivity index (χ4v) is 4.14. The van der Waals surface area contributed by atoms with Crippen LogP contribution in [0.25, 0.3) is 27.9 Å². The van der Waals surface area contributed by atoms with Crippen molar-refractivity contribution in [3.8, 4) is 11.3 Å². The number of alkyl halides is 5. The highest BCUT2D eigenvalue weighted by Gasteiger charge is 2.36.